The predicted octanol–water partition coefficient (Wildman–Crippen LogP) is 4.26. The van der Waals surface area contributed by atoms with Crippen LogP contribution in [0.1, 0.15) is 58.3 Å². The Morgan fingerprint density at radius 2 is 1.96 bits per heavy atom. The van der Waals surface area contributed by atoms with Gasteiger partial charge in [-0.2, -0.15) is 8.75 Å². The molecule has 28 heavy (non-hydrogen) atoms. The molecule has 0 saturated carbocycles. The molecule has 6 nitrogen and oxygen atoms in total. The highest BCUT2D eigenvalue weighted by Crippen LogP contribution is 2.44. The van der Waals surface area contributed by atoms with Gasteiger partial charge in [0.15, 0.2) is 0 Å². The standard InChI is InChI=1S/C20H22N4O2S2/c1-20(2,3)11-5-6-12-15(9-11)27-19(16(12)17(21)25)22-18(26)10-4-7-13-14(8-10)24-28-23-13/h4,7-8,11H,5-6,9H2,1-3H3,(H2,21,25)(H,22,26)/t11-/m0/s1. The van der Waals surface area contributed by atoms with Crippen molar-refractivity contribution < 1.29 is 9.59 Å². The van der Waals surface area contributed by atoms with Gasteiger partial charge in [-0.25, -0.2) is 0 Å². The van der Waals surface area contributed by atoms with E-state index in [9.17, 15) is 9.59 Å². The maximum Gasteiger partial charge on any atom is 0.256 e. The fourth-order valence-corrected chi connectivity index (χ4v) is 5.62. The van der Waals surface area contributed by atoms with E-state index in [0.717, 1.165) is 46.9 Å². The minimum absolute atomic E-state index is 0.203. The number of hydrogen-bond acceptors (Lipinski definition) is 6. The summed E-state index contributed by atoms with van der Waals surface area (Å²) in [4.78, 5) is 26.1. The average molecular weight is 415 g/mol. The Morgan fingerprint density at radius 3 is 2.68 bits per heavy atom. The van der Waals surface area contributed by atoms with Crippen LogP contribution in [0.3, 0.4) is 0 Å². The van der Waals surface area contributed by atoms with Crippen LogP contribution >= 0.6 is 23.1 Å². The van der Waals surface area contributed by atoms with Gasteiger partial charge in [0.25, 0.3) is 11.8 Å². The van der Waals surface area contributed by atoms with E-state index in [-0.39, 0.29) is 11.3 Å². The van der Waals surface area contributed by atoms with Crippen molar-refractivity contribution >= 4 is 50.9 Å². The summed E-state index contributed by atoms with van der Waals surface area (Å²) in [5, 5.41) is 3.46. The first-order valence-corrected chi connectivity index (χ1v) is 10.8. The molecule has 0 saturated heterocycles. The van der Waals surface area contributed by atoms with Crippen molar-refractivity contribution in [3.05, 3.63) is 39.8 Å². The molecular formula is C20H22N4O2S2. The number of carbonyl (C=O) groups is 2. The highest BCUT2D eigenvalue weighted by atomic mass is 32.1. The number of thiophene rings is 1. The van der Waals surface area contributed by atoms with Crippen LogP contribution < -0.4 is 11.1 Å². The second-order valence-corrected chi connectivity index (χ2v) is 9.93. The third kappa shape index (κ3) is 3.42. The zero-order chi connectivity index (χ0) is 20.1. The normalized spacial score (nSPS) is 16.8. The van der Waals surface area contributed by atoms with Gasteiger partial charge < -0.3 is 11.1 Å². The molecular weight excluding hydrogens is 392 g/mol. The van der Waals surface area contributed by atoms with Crippen molar-refractivity contribution in [3.8, 4) is 0 Å². The summed E-state index contributed by atoms with van der Waals surface area (Å²) in [6, 6.07) is 5.20. The van der Waals surface area contributed by atoms with Crippen molar-refractivity contribution in [2.75, 3.05) is 5.32 Å². The summed E-state index contributed by atoms with van der Waals surface area (Å²) < 4.78 is 8.33. The van der Waals surface area contributed by atoms with Gasteiger partial charge in [-0.1, -0.05) is 20.8 Å². The molecule has 1 aromatic carbocycles. The zero-order valence-electron chi connectivity index (χ0n) is 16.0. The summed E-state index contributed by atoms with van der Waals surface area (Å²) >= 11 is 2.59. The molecule has 1 atom stereocenters. The highest BCUT2D eigenvalue weighted by Gasteiger charge is 2.33. The first-order chi connectivity index (χ1) is 13.2. The average Bonchev–Trinajstić information content (AvgIpc) is 3.23. The van der Waals surface area contributed by atoms with E-state index in [4.69, 9.17) is 5.73 Å². The molecule has 0 bridgehead atoms. The van der Waals surface area contributed by atoms with Gasteiger partial charge in [-0.15, -0.1) is 11.3 Å². The molecule has 3 N–H and O–H groups in total. The molecule has 0 fully saturated rings. The van der Waals surface area contributed by atoms with Crippen LogP contribution in [0.4, 0.5) is 5.00 Å². The Balaban J connectivity index is 1.65. The number of hydrogen-bond donors (Lipinski definition) is 2. The van der Waals surface area contributed by atoms with Gasteiger partial charge >= 0.3 is 0 Å². The quantitative estimate of drug-likeness (QED) is 0.669. The largest absolute Gasteiger partial charge is 0.365 e. The number of rotatable bonds is 3. The highest BCUT2D eigenvalue weighted by molar-refractivity contribution is 7.17. The Bertz CT molecular complexity index is 1080. The Hall–Kier alpha value is -2.32. The van der Waals surface area contributed by atoms with Crippen LogP contribution in [0.2, 0.25) is 0 Å². The van der Waals surface area contributed by atoms with Crippen molar-refractivity contribution in [3.63, 3.8) is 0 Å². The SMILES string of the molecule is CC(C)(C)[C@H]1CCc2c(sc(NC(=O)c3ccc4nsnc4c3)c2C(N)=O)C1. The summed E-state index contributed by atoms with van der Waals surface area (Å²) in [6.07, 6.45) is 2.75. The Labute approximate surface area is 171 Å². The first kappa shape index (κ1) is 19.0. The monoisotopic (exact) mass is 414 g/mol. The third-order valence-corrected chi connectivity index (χ3v) is 7.21. The van der Waals surface area contributed by atoms with Gasteiger partial charge in [-0.05, 0) is 54.4 Å². The lowest BCUT2D eigenvalue weighted by Crippen LogP contribution is -2.27. The smallest absolute Gasteiger partial charge is 0.256 e. The lowest BCUT2D eigenvalue weighted by atomic mass is 9.72. The second-order valence-electron chi connectivity index (χ2n) is 8.30. The number of nitrogens with one attached hydrogen (secondary N) is 1. The number of primary amides is 1. The second kappa shape index (κ2) is 6.93. The molecule has 1 aliphatic rings. The molecule has 2 aromatic heterocycles. The van der Waals surface area contributed by atoms with E-state index >= 15 is 0 Å². The Kier molecular flexibility index (Phi) is 4.71. The van der Waals surface area contributed by atoms with Crippen molar-refractivity contribution in [1.82, 2.24) is 8.75 Å². The third-order valence-electron chi connectivity index (χ3n) is 5.48. The van der Waals surface area contributed by atoms with Crippen molar-refractivity contribution in [2.24, 2.45) is 17.1 Å². The van der Waals surface area contributed by atoms with Gasteiger partial charge in [0.05, 0.1) is 17.3 Å². The summed E-state index contributed by atoms with van der Waals surface area (Å²) in [5.41, 5.74) is 9.29. The van der Waals surface area contributed by atoms with Crippen LogP contribution in [0.25, 0.3) is 11.0 Å². The van der Waals surface area contributed by atoms with E-state index in [1.165, 1.54) is 11.3 Å². The molecule has 0 spiro atoms. The molecule has 2 amide bonds. The van der Waals surface area contributed by atoms with Crippen LogP contribution in [0.5, 0.6) is 0 Å². The lowest BCUT2D eigenvalue weighted by molar-refractivity contribution is 0.1000. The maximum absolute atomic E-state index is 12.8. The van der Waals surface area contributed by atoms with E-state index in [1.54, 1.807) is 18.2 Å². The molecule has 0 radical (unpaired) electrons. The molecule has 8 heteroatoms. The Morgan fingerprint density at radius 1 is 1.21 bits per heavy atom. The molecule has 0 unspecified atom stereocenters. The van der Waals surface area contributed by atoms with Gasteiger partial charge in [0.2, 0.25) is 0 Å². The van der Waals surface area contributed by atoms with Gasteiger partial charge in [0.1, 0.15) is 16.0 Å². The fraction of sp³-hybridized carbons (Fsp3) is 0.400. The maximum atomic E-state index is 12.8. The number of aromatic nitrogens is 2. The number of carbonyl (C=O) groups excluding carboxylic acids is 2. The number of fused-ring (bicyclic) bond motifs is 2. The molecule has 3 aromatic rings. The summed E-state index contributed by atoms with van der Waals surface area (Å²) in [7, 11) is 0. The minimum Gasteiger partial charge on any atom is -0.365 e. The summed E-state index contributed by atoms with van der Waals surface area (Å²) in [6.45, 7) is 6.74. The van der Waals surface area contributed by atoms with Crippen LogP contribution in [-0.4, -0.2) is 20.6 Å². The van der Waals surface area contributed by atoms with Gasteiger partial charge in [-0.3, -0.25) is 9.59 Å². The van der Waals surface area contributed by atoms with E-state index in [0.29, 0.717) is 27.6 Å². The van der Waals surface area contributed by atoms with E-state index < -0.39 is 5.91 Å². The molecule has 146 valence electrons. The van der Waals surface area contributed by atoms with E-state index in [2.05, 4.69) is 34.8 Å². The number of nitrogens with two attached hydrogens (primary N) is 1. The molecule has 0 aliphatic heterocycles. The number of anilines is 1. The number of amides is 2. The number of benzene rings is 1. The van der Waals surface area contributed by atoms with Crippen LogP contribution in [0.15, 0.2) is 18.2 Å². The lowest BCUT2D eigenvalue weighted by Gasteiger charge is -2.33. The molecule has 1 aliphatic carbocycles. The van der Waals surface area contributed by atoms with Crippen LogP contribution in [0, 0.1) is 11.3 Å². The van der Waals surface area contributed by atoms with Crippen molar-refractivity contribution in [1.29, 1.82) is 0 Å². The molecule has 4 rings (SSSR count). The van der Waals surface area contributed by atoms with Gasteiger partial charge in [0, 0.05) is 10.4 Å². The minimum atomic E-state index is -0.485. The topological polar surface area (TPSA) is 98.0 Å². The predicted molar refractivity (Wildman–Crippen MR) is 113 cm³/mol. The van der Waals surface area contributed by atoms with Crippen LogP contribution in [-0.2, 0) is 12.8 Å². The summed E-state index contributed by atoms with van der Waals surface area (Å²) in [5.74, 6) is -0.216. The number of nitrogens with zero attached hydrogens (tertiary/aromatic N) is 2. The van der Waals surface area contributed by atoms with E-state index in [1.807, 2.05) is 0 Å². The van der Waals surface area contributed by atoms with Crippen molar-refractivity contribution in [2.45, 2.75) is 40.0 Å². The fourth-order valence-electron chi connectivity index (χ4n) is 3.77. The molecule has 2 heterocycles. The zero-order valence-corrected chi connectivity index (χ0v) is 17.7. The first-order valence-electron chi connectivity index (χ1n) is 9.22.